The highest BCUT2D eigenvalue weighted by atomic mass is 35.5. The van der Waals surface area contributed by atoms with Gasteiger partial charge in [-0.15, -0.1) is 23.4 Å². The van der Waals surface area contributed by atoms with Crippen LogP contribution in [-0.4, -0.2) is 56.8 Å². The number of thioether (sulfide) groups is 1. The number of ether oxygens (including phenoxy) is 4. The van der Waals surface area contributed by atoms with Gasteiger partial charge in [0.2, 0.25) is 0 Å². The van der Waals surface area contributed by atoms with E-state index in [1.165, 1.54) is 32.5 Å². The van der Waals surface area contributed by atoms with Crippen molar-refractivity contribution in [3.05, 3.63) is 30.2 Å². The molecule has 30 heavy (non-hydrogen) atoms. The summed E-state index contributed by atoms with van der Waals surface area (Å²) in [6, 6.07) is 3.51. The minimum Gasteiger partial charge on any atom is -0.472 e. The van der Waals surface area contributed by atoms with Crippen molar-refractivity contribution in [2.45, 2.75) is 50.4 Å². The highest BCUT2D eigenvalue weighted by Crippen LogP contribution is 2.35. The first-order valence-electron chi connectivity index (χ1n) is 9.11. The summed E-state index contributed by atoms with van der Waals surface area (Å²) in [6.45, 7) is 3.72. The molecule has 11 heteroatoms. The van der Waals surface area contributed by atoms with Crippen LogP contribution in [0.5, 0.6) is 5.75 Å². The zero-order chi connectivity index (χ0) is 21.8. The minimum atomic E-state index is -1.01. The fourth-order valence-corrected chi connectivity index (χ4v) is 4.47. The van der Waals surface area contributed by atoms with E-state index >= 15 is 0 Å². The second kappa shape index (κ2) is 9.57. The third-order valence-corrected chi connectivity index (χ3v) is 5.67. The lowest BCUT2D eigenvalue weighted by Crippen LogP contribution is -2.55. The fraction of sp³-hybridized carbons (Fsp3) is 0.474. The van der Waals surface area contributed by atoms with E-state index in [4.69, 9.17) is 30.5 Å². The van der Waals surface area contributed by atoms with E-state index < -0.39 is 41.7 Å². The zero-order valence-electron chi connectivity index (χ0n) is 16.6. The Balaban J connectivity index is 1.92. The molecule has 0 radical (unpaired) electrons. The monoisotopic (exact) mass is 456 g/mol. The summed E-state index contributed by atoms with van der Waals surface area (Å²) < 4.78 is 24.0. The van der Waals surface area contributed by atoms with Crippen LogP contribution in [0.1, 0.15) is 26.5 Å². The predicted molar refractivity (Wildman–Crippen MR) is 108 cm³/mol. The number of pyridine rings is 1. The molecular weight excluding hydrogens is 436 g/mol. The minimum absolute atomic E-state index is 0.244. The van der Waals surface area contributed by atoms with E-state index in [0.717, 1.165) is 0 Å². The lowest BCUT2D eigenvalue weighted by molar-refractivity contribution is -0.186. The molecule has 1 aliphatic heterocycles. The fourth-order valence-electron chi connectivity index (χ4n) is 3.13. The van der Waals surface area contributed by atoms with Gasteiger partial charge in [0.25, 0.3) is 0 Å². The van der Waals surface area contributed by atoms with Gasteiger partial charge in [0, 0.05) is 38.9 Å². The molecule has 0 aliphatic carbocycles. The third kappa shape index (κ3) is 5.17. The lowest BCUT2D eigenvalue weighted by Gasteiger charge is -2.39. The molecule has 3 rings (SSSR count). The molecule has 0 amide bonds. The Labute approximate surface area is 182 Å². The average Bonchev–Trinajstić information content (AvgIpc) is 3.09. The van der Waals surface area contributed by atoms with Gasteiger partial charge in [-0.2, -0.15) is 0 Å². The van der Waals surface area contributed by atoms with E-state index in [2.05, 4.69) is 4.98 Å². The average molecular weight is 457 g/mol. The highest BCUT2D eigenvalue weighted by Gasteiger charge is 2.47. The Hall–Kier alpha value is -2.46. The van der Waals surface area contributed by atoms with Gasteiger partial charge in [-0.25, -0.2) is 4.98 Å². The van der Waals surface area contributed by atoms with Crippen LogP contribution in [-0.2, 0) is 34.5 Å². The molecule has 0 aromatic carbocycles. The third-order valence-electron chi connectivity index (χ3n) is 4.18. The van der Waals surface area contributed by atoms with Gasteiger partial charge in [0.15, 0.2) is 35.1 Å². The number of aromatic nitrogens is 2. The van der Waals surface area contributed by atoms with E-state index in [1.807, 2.05) is 0 Å². The largest absolute Gasteiger partial charge is 0.472 e. The maximum absolute atomic E-state index is 11.8. The summed E-state index contributed by atoms with van der Waals surface area (Å²) >= 11 is 7.16. The number of rotatable bonds is 6. The lowest BCUT2D eigenvalue weighted by atomic mass is 10.1. The number of esters is 3. The Morgan fingerprint density at radius 2 is 1.80 bits per heavy atom. The van der Waals surface area contributed by atoms with Gasteiger partial charge in [0.05, 0.1) is 11.6 Å². The second-order valence-electron chi connectivity index (χ2n) is 6.58. The standard InChI is InChI=1S/C19H21ClN2O7S/c1-10(23)26-15-9-30-19(17(28-12(3)25)16(15)27-11(2)24)29-14-5-4-6-22-8-13(7-20)21-18(14)22/h4-6,8,15-17,19H,7,9H2,1-3H3/t15-,16+,17-,19+/m1/s1. The molecule has 1 aliphatic rings. The molecule has 4 atom stereocenters. The summed E-state index contributed by atoms with van der Waals surface area (Å²) in [4.78, 5) is 39.4. The maximum atomic E-state index is 11.8. The van der Waals surface area contributed by atoms with Crippen molar-refractivity contribution < 1.29 is 33.3 Å². The van der Waals surface area contributed by atoms with Crippen molar-refractivity contribution in [3.63, 3.8) is 0 Å². The Morgan fingerprint density at radius 3 is 2.43 bits per heavy atom. The molecule has 0 unspecified atom stereocenters. The van der Waals surface area contributed by atoms with Gasteiger partial charge in [0.1, 0.15) is 0 Å². The number of carbonyl (C=O) groups excluding carboxylic acids is 3. The zero-order valence-corrected chi connectivity index (χ0v) is 18.1. The molecule has 162 valence electrons. The van der Waals surface area contributed by atoms with E-state index in [9.17, 15) is 14.4 Å². The number of alkyl halides is 1. The number of nitrogens with zero attached hydrogens (tertiary/aromatic N) is 2. The van der Waals surface area contributed by atoms with E-state index in [0.29, 0.717) is 17.1 Å². The van der Waals surface area contributed by atoms with Crippen molar-refractivity contribution in [1.82, 2.24) is 9.38 Å². The van der Waals surface area contributed by atoms with Crippen LogP contribution in [0.2, 0.25) is 0 Å². The first-order valence-corrected chi connectivity index (χ1v) is 10.7. The van der Waals surface area contributed by atoms with Crippen LogP contribution in [0.25, 0.3) is 5.65 Å². The van der Waals surface area contributed by atoms with Crippen LogP contribution in [0, 0.1) is 0 Å². The molecular formula is C19H21ClN2O7S. The first kappa shape index (κ1) is 22.2. The quantitative estimate of drug-likeness (QED) is 0.367. The number of hydrogen-bond donors (Lipinski definition) is 0. The van der Waals surface area contributed by atoms with Gasteiger partial charge in [-0.1, -0.05) is 0 Å². The van der Waals surface area contributed by atoms with Crippen LogP contribution in [0.15, 0.2) is 24.5 Å². The summed E-state index contributed by atoms with van der Waals surface area (Å²) in [5.74, 6) is -0.746. The van der Waals surface area contributed by atoms with Crippen LogP contribution in [0.4, 0.5) is 0 Å². The number of halogens is 1. The second-order valence-corrected chi connectivity index (χ2v) is 7.98. The summed E-state index contributed by atoms with van der Waals surface area (Å²) in [5, 5.41) is 0. The number of hydrogen-bond acceptors (Lipinski definition) is 9. The first-order chi connectivity index (χ1) is 14.3. The van der Waals surface area contributed by atoms with Crippen molar-refractivity contribution in [2.24, 2.45) is 0 Å². The molecule has 2 aromatic rings. The Bertz CT molecular complexity index is 950. The predicted octanol–water partition coefficient (Wildman–Crippen LogP) is 2.32. The SMILES string of the molecule is CC(=O)O[C@@H]1[C@@H](OC(C)=O)[C@@H](Oc2cccn3cc(CCl)nc23)SC[C@H]1OC(C)=O. The summed E-state index contributed by atoms with van der Waals surface area (Å²) in [7, 11) is 0. The molecule has 0 saturated carbocycles. The smallest absolute Gasteiger partial charge is 0.303 e. The maximum Gasteiger partial charge on any atom is 0.303 e. The molecule has 0 bridgehead atoms. The van der Waals surface area contributed by atoms with Crippen LogP contribution < -0.4 is 4.74 Å². The molecule has 2 aromatic heterocycles. The van der Waals surface area contributed by atoms with Crippen molar-refractivity contribution in [3.8, 4) is 5.75 Å². The molecule has 1 fully saturated rings. The topological polar surface area (TPSA) is 105 Å². The molecule has 9 nitrogen and oxygen atoms in total. The number of fused-ring (bicyclic) bond motifs is 1. The van der Waals surface area contributed by atoms with Gasteiger partial charge in [-0.3, -0.25) is 14.4 Å². The van der Waals surface area contributed by atoms with E-state index in [1.54, 1.807) is 28.9 Å². The number of imidazole rings is 1. The van der Waals surface area contributed by atoms with E-state index in [-0.39, 0.29) is 11.6 Å². The van der Waals surface area contributed by atoms with Gasteiger partial charge >= 0.3 is 17.9 Å². The molecule has 3 heterocycles. The van der Waals surface area contributed by atoms with Gasteiger partial charge in [-0.05, 0) is 12.1 Å². The van der Waals surface area contributed by atoms with Crippen molar-refractivity contribution in [1.29, 1.82) is 0 Å². The molecule has 0 spiro atoms. The van der Waals surface area contributed by atoms with Crippen molar-refractivity contribution in [2.75, 3.05) is 5.75 Å². The Morgan fingerprint density at radius 1 is 1.13 bits per heavy atom. The summed E-state index contributed by atoms with van der Waals surface area (Å²) in [6.07, 6.45) is 0.786. The van der Waals surface area contributed by atoms with Gasteiger partial charge < -0.3 is 23.3 Å². The normalized spacial score (nSPS) is 23.6. The molecule has 0 N–H and O–H groups in total. The van der Waals surface area contributed by atoms with Crippen LogP contribution in [0.3, 0.4) is 0 Å². The van der Waals surface area contributed by atoms with Crippen molar-refractivity contribution >= 4 is 46.9 Å². The summed E-state index contributed by atoms with van der Waals surface area (Å²) in [5.41, 5.74) is 0.488. The highest BCUT2D eigenvalue weighted by molar-refractivity contribution is 7.99. The Kier molecular flexibility index (Phi) is 7.09. The van der Waals surface area contributed by atoms with Crippen LogP contribution >= 0.6 is 23.4 Å². The number of carbonyl (C=O) groups is 3. The molecule has 1 saturated heterocycles.